The zero-order valence-electron chi connectivity index (χ0n) is 25.7. The number of imide groups is 2. The normalized spacial score (nSPS) is 21.2. The summed E-state index contributed by atoms with van der Waals surface area (Å²) in [6.45, 7) is 1.30. The largest absolute Gasteiger partial charge is 0.354 e. The van der Waals surface area contributed by atoms with Gasteiger partial charge in [0.15, 0.2) is 0 Å². The lowest BCUT2D eigenvalue weighted by Gasteiger charge is -2.28. The number of rotatable bonds is 8. The molecule has 12 heteroatoms. The summed E-state index contributed by atoms with van der Waals surface area (Å²) in [4.78, 5) is 81.0. The van der Waals surface area contributed by atoms with Gasteiger partial charge >= 0.3 is 0 Å². The number of fused-ring (bicyclic) bond motifs is 4. The van der Waals surface area contributed by atoms with Crippen LogP contribution in [0, 0.1) is 11.8 Å². The lowest BCUT2D eigenvalue weighted by molar-refractivity contribution is -0.136. The second-order valence-corrected chi connectivity index (χ2v) is 12.6. The summed E-state index contributed by atoms with van der Waals surface area (Å²) in [6.07, 6.45) is 7.37. The maximum absolute atomic E-state index is 13.1. The summed E-state index contributed by atoms with van der Waals surface area (Å²) >= 11 is 0. The fraction of sp³-hybridized carbons (Fsp3) is 0.343. The van der Waals surface area contributed by atoms with Crippen LogP contribution in [0.2, 0.25) is 0 Å². The number of carbonyl (C=O) groups excluding carboxylic acids is 6. The smallest absolute Gasteiger partial charge is 0.262 e. The van der Waals surface area contributed by atoms with Crippen molar-refractivity contribution in [1.29, 1.82) is 0 Å². The number of nitrogens with zero attached hydrogens (tertiary/aromatic N) is 3. The molecule has 1 saturated heterocycles. The van der Waals surface area contributed by atoms with Crippen molar-refractivity contribution in [2.45, 2.75) is 51.1 Å². The molecule has 240 valence electrons. The van der Waals surface area contributed by atoms with E-state index in [-0.39, 0.29) is 53.8 Å². The molecule has 1 saturated carbocycles. The summed E-state index contributed by atoms with van der Waals surface area (Å²) in [5, 5.41) is 10.4. The maximum Gasteiger partial charge on any atom is 0.262 e. The Morgan fingerprint density at radius 1 is 0.809 bits per heavy atom. The number of aromatic nitrogens is 2. The molecule has 0 spiro atoms. The quantitative estimate of drug-likeness (QED) is 0.251. The van der Waals surface area contributed by atoms with E-state index in [4.69, 9.17) is 0 Å². The summed E-state index contributed by atoms with van der Waals surface area (Å²) < 4.78 is 2.01. The van der Waals surface area contributed by atoms with Gasteiger partial charge in [-0.15, -0.1) is 0 Å². The van der Waals surface area contributed by atoms with Crippen molar-refractivity contribution in [2.75, 3.05) is 13.1 Å². The SMILES string of the molecule is O=C(Cn1c2ccccc2c2ccncc21)NCC1CCC(CNC(=O)c2ccc3c(c2)C(=O)N(C2CCC(=O)NC2=O)C3=O)CC1. The summed E-state index contributed by atoms with van der Waals surface area (Å²) in [5.41, 5.74) is 2.40. The predicted octanol–water partition coefficient (Wildman–Crippen LogP) is 2.94. The van der Waals surface area contributed by atoms with E-state index in [0.29, 0.717) is 19.0 Å². The molecule has 47 heavy (non-hydrogen) atoms. The van der Waals surface area contributed by atoms with Crippen molar-refractivity contribution < 1.29 is 28.8 Å². The average molecular weight is 635 g/mol. The fourth-order valence-electron chi connectivity index (χ4n) is 7.11. The standard InChI is InChI=1S/C35H34N6O6/c42-30-12-11-28(33(45)39-30)41-34(46)25-10-9-22(15-26(25)35(41)47)32(44)38-17-21-7-5-20(6-8-21)16-37-31(43)19-40-27-4-2-1-3-23(27)24-13-14-36-18-29(24)40/h1-4,9-10,13-15,18,20-21,28H,5-8,11-12,16-17,19H2,(H,37,43)(H,38,44)(H,39,42,45). The zero-order valence-corrected chi connectivity index (χ0v) is 25.7. The Labute approximate surface area is 269 Å². The van der Waals surface area contributed by atoms with E-state index < -0.39 is 29.7 Å². The molecule has 3 aliphatic rings. The number of pyridine rings is 1. The molecule has 0 radical (unpaired) electrons. The summed E-state index contributed by atoms with van der Waals surface area (Å²) in [6, 6.07) is 13.3. The number of piperidine rings is 1. The molecular formula is C35H34N6O6. The van der Waals surface area contributed by atoms with E-state index >= 15 is 0 Å². The number of hydrogen-bond acceptors (Lipinski definition) is 7. The van der Waals surface area contributed by atoms with E-state index in [9.17, 15) is 28.8 Å². The number of benzene rings is 2. The number of carbonyl (C=O) groups is 6. The Bertz CT molecular complexity index is 1910. The van der Waals surface area contributed by atoms with E-state index in [0.717, 1.165) is 52.4 Å². The number of para-hydroxylation sites is 1. The van der Waals surface area contributed by atoms with Crippen molar-refractivity contribution in [3.8, 4) is 0 Å². The van der Waals surface area contributed by atoms with Crippen LogP contribution in [-0.2, 0) is 20.9 Å². The highest BCUT2D eigenvalue weighted by molar-refractivity contribution is 6.24. The van der Waals surface area contributed by atoms with Crippen molar-refractivity contribution >= 4 is 57.2 Å². The second kappa shape index (κ2) is 12.4. The molecule has 6 amide bonds. The average Bonchev–Trinajstić information content (AvgIpc) is 3.53. The van der Waals surface area contributed by atoms with Crippen LogP contribution in [0.3, 0.4) is 0 Å². The molecule has 2 aliphatic heterocycles. The monoisotopic (exact) mass is 634 g/mol. The minimum Gasteiger partial charge on any atom is -0.354 e. The topological polar surface area (TPSA) is 160 Å². The minimum atomic E-state index is -1.06. The van der Waals surface area contributed by atoms with Gasteiger partial charge in [-0.25, -0.2) is 0 Å². The molecule has 1 atom stereocenters. The van der Waals surface area contributed by atoms with E-state index in [2.05, 4.69) is 27.0 Å². The molecular weight excluding hydrogens is 600 g/mol. The fourth-order valence-corrected chi connectivity index (χ4v) is 7.11. The molecule has 12 nitrogen and oxygen atoms in total. The van der Waals surface area contributed by atoms with Crippen molar-refractivity contribution in [2.24, 2.45) is 11.8 Å². The van der Waals surface area contributed by atoms with Gasteiger partial charge in [0.1, 0.15) is 12.6 Å². The van der Waals surface area contributed by atoms with Crippen LogP contribution in [-0.4, -0.2) is 69.0 Å². The molecule has 2 fully saturated rings. The Balaban J connectivity index is 0.886. The van der Waals surface area contributed by atoms with Crippen molar-refractivity contribution in [3.05, 3.63) is 77.6 Å². The van der Waals surface area contributed by atoms with Gasteiger partial charge in [-0.3, -0.25) is 44.0 Å². The molecule has 2 aromatic carbocycles. The Hall–Kier alpha value is -5.39. The number of hydrogen-bond donors (Lipinski definition) is 3. The first kappa shape index (κ1) is 30.3. The lowest BCUT2D eigenvalue weighted by atomic mass is 9.82. The molecule has 4 heterocycles. The number of amides is 6. The lowest BCUT2D eigenvalue weighted by Crippen LogP contribution is -2.54. The molecule has 2 aromatic heterocycles. The summed E-state index contributed by atoms with van der Waals surface area (Å²) in [7, 11) is 0. The van der Waals surface area contributed by atoms with Gasteiger partial charge in [0.2, 0.25) is 17.7 Å². The van der Waals surface area contributed by atoms with Crippen LogP contribution in [0.4, 0.5) is 0 Å². The Kier molecular flexibility index (Phi) is 8.00. The van der Waals surface area contributed by atoms with Crippen LogP contribution >= 0.6 is 0 Å². The molecule has 4 aromatic rings. The minimum absolute atomic E-state index is 0.0375. The van der Waals surface area contributed by atoms with E-state index in [1.165, 1.54) is 18.2 Å². The third-order valence-corrected chi connectivity index (χ3v) is 9.69. The van der Waals surface area contributed by atoms with Crippen molar-refractivity contribution in [3.63, 3.8) is 0 Å². The van der Waals surface area contributed by atoms with Crippen LogP contribution in [0.1, 0.15) is 69.6 Å². The predicted molar refractivity (Wildman–Crippen MR) is 171 cm³/mol. The van der Waals surface area contributed by atoms with Gasteiger partial charge in [-0.1, -0.05) is 18.2 Å². The van der Waals surface area contributed by atoms with E-state index in [1.54, 1.807) is 12.4 Å². The molecule has 3 N–H and O–H groups in total. The van der Waals surface area contributed by atoms with Gasteiger partial charge < -0.3 is 15.2 Å². The van der Waals surface area contributed by atoms with E-state index in [1.807, 2.05) is 28.8 Å². The summed E-state index contributed by atoms with van der Waals surface area (Å²) in [5.74, 6) is -2.11. The van der Waals surface area contributed by atoms with Crippen LogP contribution < -0.4 is 16.0 Å². The molecule has 1 unspecified atom stereocenters. The first-order valence-corrected chi connectivity index (χ1v) is 16.0. The van der Waals surface area contributed by atoms with Crippen LogP contribution in [0.15, 0.2) is 60.9 Å². The Morgan fingerprint density at radius 3 is 2.28 bits per heavy atom. The van der Waals surface area contributed by atoms with Gasteiger partial charge in [0.25, 0.3) is 17.7 Å². The Morgan fingerprint density at radius 2 is 1.51 bits per heavy atom. The van der Waals surface area contributed by atoms with Crippen LogP contribution in [0.5, 0.6) is 0 Å². The van der Waals surface area contributed by atoms with Gasteiger partial charge in [0.05, 0.1) is 22.8 Å². The van der Waals surface area contributed by atoms with Gasteiger partial charge in [0, 0.05) is 47.6 Å². The highest BCUT2D eigenvalue weighted by Crippen LogP contribution is 2.31. The first-order chi connectivity index (χ1) is 22.8. The third kappa shape index (κ3) is 5.75. The molecule has 0 bridgehead atoms. The number of nitrogens with one attached hydrogen (secondary N) is 3. The molecule has 7 rings (SSSR count). The third-order valence-electron chi connectivity index (χ3n) is 9.69. The van der Waals surface area contributed by atoms with Gasteiger partial charge in [-0.05, 0) is 74.3 Å². The first-order valence-electron chi connectivity index (χ1n) is 16.0. The van der Waals surface area contributed by atoms with Crippen LogP contribution in [0.25, 0.3) is 21.8 Å². The zero-order chi connectivity index (χ0) is 32.7. The highest BCUT2D eigenvalue weighted by Gasteiger charge is 2.44. The second-order valence-electron chi connectivity index (χ2n) is 12.6. The van der Waals surface area contributed by atoms with Crippen molar-refractivity contribution in [1.82, 2.24) is 30.4 Å². The highest BCUT2D eigenvalue weighted by atomic mass is 16.2. The van der Waals surface area contributed by atoms with Gasteiger partial charge in [-0.2, -0.15) is 0 Å². The molecule has 1 aliphatic carbocycles. The maximum atomic E-state index is 13.1.